The maximum Gasteiger partial charge on any atom is 0.0594 e. The fourth-order valence-electron chi connectivity index (χ4n) is 5.41. The van der Waals surface area contributed by atoms with Crippen LogP contribution in [0.2, 0.25) is 0 Å². The molecular formula is C20H36O2. The van der Waals surface area contributed by atoms with Crippen LogP contribution in [0.1, 0.15) is 73.1 Å². The van der Waals surface area contributed by atoms with Gasteiger partial charge in [0.25, 0.3) is 0 Å². The van der Waals surface area contributed by atoms with Gasteiger partial charge in [-0.2, -0.15) is 0 Å². The molecule has 2 nitrogen and oxygen atoms in total. The maximum atomic E-state index is 10.5. The number of hydrogen-bond acceptors (Lipinski definition) is 2. The Hall–Kier alpha value is -0.340. The second kappa shape index (κ2) is 6.65. The lowest BCUT2D eigenvalue weighted by molar-refractivity contribution is -0.116. The van der Waals surface area contributed by atoms with Crippen molar-refractivity contribution in [3.63, 3.8) is 0 Å². The van der Waals surface area contributed by atoms with E-state index in [2.05, 4.69) is 40.7 Å². The molecule has 0 amide bonds. The minimum absolute atomic E-state index is 0.0131. The third-order valence-corrected chi connectivity index (χ3v) is 7.10. The van der Waals surface area contributed by atoms with Crippen LogP contribution in [0.15, 0.2) is 11.6 Å². The average molecular weight is 309 g/mol. The van der Waals surface area contributed by atoms with Crippen molar-refractivity contribution in [1.82, 2.24) is 0 Å². The molecule has 1 saturated carbocycles. The van der Waals surface area contributed by atoms with Crippen LogP contribution >= 0.6 is 0 Å². The Morgan fingerprint density at radius 3 is 2.59 bits per heavy atom. The summed E-state index contributed by atoms with van der Waals surface area (Å²) in [6.07, 6.45) is 8.82. The number of allylic oxidation sites excluding steroid dienone is 2. The highest BCUT2D eigenvalue weighted by atomic mass is 16.3. The number of fused-ring (bicyclic) bond motifs is 1. The van der Waals surface area contributed by atoms with Crippen molar-refractivity contribution in [3.05, 3.63) is 11.6 Å². The molecule has 2 aliphatic rings. The predicted molar refractivity (Wildman–Crippen MR) is 92.6 cm³/mol. The van der Waals surface area contributed by atoms with Crippen molar-refractivity contribution in [1.29, 1.82) is 0 Å². The SMILES string of the molecule is CC1=CC[C@H]2C(C)(C)[C@@H](O)CC[C@]2(C)[C@@H]1CC[C@H](C)CCO. The van der Waals surface area contributed by atoms with Gasteiger partial charge in [-0.1, -0.05) is 45.8 Å². The number of aliphatic hydroxyl groups excluding tert-OH is 2. The first-order valence-electron chi connectivity index (χ1n) is 9.19. The Balaban J connectivity index is 2.18. The Morgan fingerprint density at radius 1 is 1.27 bits per heavy atom. The summed E-state index contributed by atoms with van der Waals surface area (Å²) in [6.45, 7) is 11.9. The van der Waals surface area contributed by atoms with Crippen LogP contribution in [0.3, 0.4) is 0 Å². The molecule has 0 spiro atoms. The summed E-state index contributed by atoms with van der Waals surface area (Å²) in [5.74, 6) is 1.81. The van der Waals surface area contributed by atoms with E-state index in [4.69, 9.17) is 5.11 Å². The first kappa shape index (κ1) is 18.0. The Morgan fingerprint density at radius 2 is 1.95 bits per heavy atom. The standard InChI is InChI=1S/C20H36O2/c1-14(11-13-21)6-8-16-15(2)7-9-17-19(3,4)18(22)10-12-20(16,17)5/h7,14,16-18,21-22H,6,8-13H2,1-5H3/t14-,16+,17-,18-,20+/m0/s1. The summed E-state index contributed by atoms with van der Waals surface area (Å²) in [6, 6.07) is 0. The highest BCUT2D eigenvalue weighted by Gasteiger charge is 2.54. The minimum Gasteiger partial charge on any atom is -0.396 e. The summed E-state index contributed by atoms with van der Waals surface area (Å²) in [4.78, 5) is 0. The highest BCUT2D eigenvalue weighted by molar-refractivity contribution is 5.19. The van der Waals surface area contributed by atoms with Crippen LogP contribution in [0, 0.1) is 28.6 Å². The number of aliphatic hydroxyl groups is 2. The fraction of sp³-hybridized carbons (Fsp3) is 0.900. The van der Waals surface area contributed by atoms with E-state index in [0.29, 0.717) is 29.8 Å². The molecule has 2 N–H and O–H groups in total. The molecule has 22 heavy (non-hydrogen) atoms. The molecule has 0 saturated heterocycles. The lowest BCUT2D eigenvalue weighted by Crippen LogP contribution is -2.54. The Kier molecular flexibility index (Phi) is 5.44. The van der Waals surface area contributed by atoms with Crippen LogP contribution in [-0.2, 0) is 0 Å². The molecule has 1 fully saturated rings. The summed E-state index contributed by atoms with van der Waals surface area (Å²) < 4.78 is 0. The van der Waals surface area contributed by atoms with Gasteiger partial charge in [-0.05, 0) is 67.6 Å². The second-order valence-corrected chi connectivity index (χ2v) is 8.87. The van der Waals surface area contributed by atoms with Crippen LogP contribution in [0.5, 0.6) is 0 Å². The predicted octanol–water partition coefficient (Wildman–Crippen LogP) is 4.55. The van der Waals surface area contributed by atoms with Gasteiger partial charge in [0.15, 0.2) is 0 Å². The van der Waals surface area contributed by atoms with Crippen molar-refractivity contribution >= 4 is 0 Å². The molecule has 0 bridgehead atoms. The van der Waals surface area contributed by atoms with Gasteiger partial charge in [-0.3, -0.25) is 0 Å². The second-order valence-electron chi connectivity index (χ2n) is 8.87. The van der Waals surface area contributed by atoms with Gasteiger partial charge in [-0.25, -0.2) is 0 Å². The lowest BCUT2D eigenvalue weighted by Gasteiger charge is -2.58. The Labute approximate surface area is 137 Å². The van der Waals surface area contributed by atoms with Crippen molar-refractivity contribution in [2.45, 2.75) is 79.2 Å². The normalized spacial score (nSPS) is 39.0. The van der Waals surface area contributed by atoms with Crippen molar-refractivity contribution in [2.75, 3.05) is 6.61 Å². The van der Waals surface area contributed by atoms with Gasteiger partial charge in [-0.15, -0.1) is 0 Å². The average Bonchev–Trinajstić information content (AvgIpc) is 2.43. The van der Waals surface area contributed by atoms with Crippen LogP contribution in [0.4, 0.5) is 0 Å². The van der Waals surface area contributed by atoms with Gasteiger partial charge in [0.2, 0.25) is 0 Å². The topological polar surface area (TPSA) is 40.5 Å². The molecule has 128 valence electrons. The molecule has 0 aromatic rings. The molecule has 5 atom stereocenters. The van der Waals surface area contributed by atoms with E-state index in [0.717, 1.165) is 25.7 Å². The smallest absolute Gasteiger partial charge is 0.0594 e. The minimum atomic E-state index is -0.161. The van der Waals surface area contributed by atoms with E-state index in [-0.39, 0.29) is 11.5 Å². The highest BCUT2D eigenvalue weighted by Crippen LogP contribution is 2.60. The van der Waals surface area contributed by atoms with Crippen LogP contribution in [0.25, 0.3) is 0 Å². The fourth-order valence-corrected chi connectivity index (χ4v) is 5.41. The first-order valence-corrected chi connectivity index (χ1v) is 9.19. The zero-order chi connectivity index (χ0) is 16.5. The molecule has 2 rings (SSSR count). The maximum absolute atomic E-state index is 10.5. The summed E-state index contributed by atoms with van der Waals surface area (Å²) >= 11 is 0. The van der Waals surface area contributed by atoms with E-state index in [1.807, 2.05) is 0 Å². The molecule has 0 aliphatic heterocycles. The van der Waals surface area contributed by atoms with E-state index in [9.17, 15) is 5.11 Å². The largest absolute Gasteiger partial charge is 0.396 e. The Bertz CT molecular complexity index is 412. The molecule has 2 heteroatoms. The molecule has 0 heterocycles. The zero-order valence-corrected chi connectivity index (χ0v) is 15.2. The molecule has 0 aromatic carbocycles. The van der Waals surface area contributed by atoms with Gasteiger partial charge in [0.05, 0.1) is 6.10 Å². The van der Waals surface area contributed by atoms with Crippen molar-refractivity contribution < 1.29 is 10.2 Å². The van der Waals surface area contributed by atoms with E-state index in [1.54, 1.807) is 5.57 Å². The lowest BCUT2D eigenvalue weighted by atomic mass is 9.47. The summed E-state index contributed by atoms with van der Waals surface area (Å²) in [5.41, 5.74) is 1.89. The van der Waals surface area contributed by atoms with Crippen molar-refractivity contribution in [3.8, 4) is 0 Å². The van der Waals surface area contributed by atoms with E-state index in [1.165, 1.54) is 12.8 Å². The van der Waals surface area contributed by atoms with Gasteiger partial charge >= 0.3 is 0 Å². The number of rotatable bonds is 5. The molecule has 0 unspecified atom stereocenters. The van der Waals surface area contributed by atoms with E-state index < -0.39 is 0 Å². The summed E-state index contributed by atoms with van der Waals surface area (Å²) in [7, 11) is 0. The van der Waals surface area contributed by atoms with Gasteiger partial charge in [0, 0.05) is 6.61 Å². The molecule has 2 aliphatic carbocycles. The zero-order valence-electron chi connectivity index (χ0n) is 15.2. The van der Waals surface area contributed by atoms with E-state index >= 15 is 0 Å². The molecule has 0 aromatic heterocycles. The molecule has 0 radical (unpaired) electrons. The monoisotopic (exact) mass is 308 g/mol. The van der Waals surface area contributed by atoms with Crippen LogP contribution in [-0.4, -0.2) is 22.9 Å². The van der Waals surface area contributed by atoms with Gasteiger partial charge in [0.1, 0.15) is 0 Å². The van der Waals surface area contributed by atoms with Gasteiger partial charge < -0.3 is 10.2 Å². The quantitative estimate of drug-likeness (QED) is 0.731. The third-order valence-electron chi connectivity index (χ3n) is 7.10. The molecular weight excluding hydrogens is 272 g/mol. The van der Waals surface area contributed by atoms with Crippen LogP contribution < -0.4 is 0 Å². The first-order chi connectivity index (χ1) is 10.2. The number of hydrogen-bond donors (Lipinski definition) is 2. The summed E-state index contributed by atoms with van der Waals surface area (Å²) in [5, 5.41) is 19.6. The third kappa shape index (κ3) is 3.14. The van der Waals surface area contributed by atoms with Crippen molar-refractivity contribution in [2.24, 2.45) is 28.6 Å².